The second-order valence-electron chi connectivity index (χ2n) is 6.91. The van der Waals surface area contributed by atoms with Crippen LogP contribution in [0.4, 0.5) is 4.79 Å². The summed E-state index contributed by atoms with van der Waals surface area (Å²) in [6.07, 6.45) is -1.66. The van der Waals surface area contributed by atoms with Crippen LogP contribution < -0.4 is 5.73 Å². The Balaban J connectivity index is 2.15. The first-order valence-corrected chi connectivity index (χ1v) is 10.1. The van der Waals surface area contributed by atoms with E-state index in [1.54, 1.807) is 32.9 Å². The summed E-state index contributed by atoms with van der Waals surface area (Å²) in [6.45, 7) is 4.95. The number of nitrogens with two attached hydrogens (primary N) is 1. The van der Waals surface area contributed by atoms with Gasteiger partial charge in [-0.3, -0.25) is 13.9 Å². The number of hydrogen-bond acceptors (Lipinski definition) is 6. The van der Waals surface area contributed by atoms with E-state index in [0.717, 1.165) is 9.37 Å². The number of primary amides is 1. The molecule has 2 atom stereocenters. The molecule has 8 nitrogen and oxygen atoms in total. The Hall–Kier alpha value is -1.65. The summed E-state index contributed by atoms with van der Waals surface area (Å²) in [5.41, 5.74) is 4.58. The number of amides is 2. The van der Waals surface area contributed by atoms with Crippen LogP contribution in [0.3, 0.4) is 0 Å². The van der Waals surface area contributed by atoms with Gasteiger partial charge in [0, 0.05) is 10.9 Å². The van der Waals surface area contributed by atoms with E-state index < -0.39 is 39.9 Å². The average Bonchev–Trinajstić information content (AvgIpc) is 2.89. The van der Waals surface area contributed by atoms with E-state index in [0.29, 0.717) is 0 Å². The highest BCUT2D eigenvalue weighted by Gasteiger charge is 2.42. The molecule has 0 bridgehead atoms. The third kappa shape index (κ3) is 5.18. The monoisotopic (exact) mass is 448 g/mol. The molecule has 1 aliphatic rings. The fourth-order valence-electron chi connectivity index (χ4n) is 2.50. The van der Waals surface area contributed by atoms with Gasteiger partial charge in [-0.15, -0.1) is 0 Å². The van der Waals surface area contributed by atoms with Gasteiger partial charge < -0.3 is 10.5 Å². The third-order valence-corrected chi connectivity index (χ3v) is 5.49. The highest BCUT2D eigenvalue weighted by molar-refractivity contribution is 9.10. The van der Waals surface area contributed by atoms with Crippen LogP contribution >= 0.6 is 15.9 Å². The molecule has 144 valence electrons. The molecule has 0 spiro atoms. The van der Waals surface area contributed by atoms with E-state index in [2.05, 4.69) is 15.9 Å². The minimum absolute atomic E-state index is 0.0213. The normalized spacial score (nSPS) is 20.8. The van der Waals surface area contributed by atoms with Gasteiger partial charge in [-0.1, -0.05) is 15.9 Å². The summed E-state index contributed by atoms with van der Waals surface area (Å²) >= 11 is 3.23. The second kappa shape index (κ2) is 7.53. The standard InChI is InChI=1S/C16H21BrN2O6S/c1-16(2,3)24-15(21)19-9-11(8-13(19)14(18)20)25-26(22,23)12-6-4-10(17)5-7-12/h4-7,11,13H,8-9H2,1-3H3,(H2,18,20)/t11-,13-/m0/s1. The summed E-state index contributed by atoms with van der Waals surface area (Å²) in [5, 5.41) is 0. The van der Waals surface area contributed by atoms with Crippen LogP contribution in [0.5, 0.6) is 0 Å². The van der Waals surface area contributed by atoms with Crippen LogP contribution in [-0.4, -0.2) is 49.6 Å². The average molecular weight is 449 g/mol. The minimum atomic E-state index is -4.05. The molecule has 1 heterocycles. The number of halogens is 1. The topological polar surface area (TPSA) is 116 Å². The zero-order chi connectivity index (χ0) is 19.7. The molecule has 1 aromatic rings. The molecule has 2 rings (SSSR count). The molecular formula is C16H21BrN2O6S. The molecule has 1 aromatic carbocycles. The van der Waals surface area contributed by atoms with Crippen molar-refractivity contribution in [2.75, 3.05) is 6.54 Å². The van der Waals surface area contributed by atoms with Crippen LogP contribution in [0.2, 0.25) is 0 Å². The lowest BCUT2D eigenvalue weighted by molar-refractivity contribution is -0.122. The SMILES string of the molecule is CC(C)(C)OC(=O)N1C[C@@H](OS(=O)(=O)c2ccc(Br)cc2)C[C@H]1C(N)=O. The van der Waals surface area contributed by atoms with Gasteiger partial charge in [-0.05, 0) is 45.0 Å². The summed E-state index contributed by atoms with van der Waals surface area (Å²) in [6, 6.07) is 4.95. The highest BCUT2D eigenvalue weighted by Crippen LogP contribution is 2.26. The minimum Gasteiger partial charge on any atom is -0.444 e. The van der Waals surface area contributed by atoms with E-state index in [1.807, 2.05) is 0 Å². The number of hydrogen-bond donors (Lipinski definition) is 1. The van der Waals surface area contributed by atoms with Gasteiger partial charge in [0.05, 0.1) is 17.5 Å². The van der Waals surface area contributed by atoms with E-state index in [1.165, 1.54) is 12.1 Å². The van der Waals surface area contributed by atoms with Crippen molar-refractivity contribution in [1.82, 2.24) is 4.90 Å². The first kappa shape index (κ1) is 20.7. The fraction of sp³-hybridized carbons (Fsp3) is 0.500. The molecule has 0 unspecified atom stereocenters. The first-order chi connectivity index (χ1) is 11.9. The Bertz CT molecular complexity index is 788. The smallest absolute Gasteiger partial charge is 0.411 e. The van der Waals surface area contributed by atoms with Gasteiger partial charge >= 0.3 is 6.09 Å². The number of ether oxygens (including phenoxy) is 1. The fourth-order valence-corrected chi connectivity index (χ4v) is 3.84. The number of rotatable bonds is 4. The van der Waals surface area contributed by atoms with Crippen molar-refractivity contribution in [3.05, 3.63) is 28.7 Å². The zero-order valence-electron chi connectivity index (χ0n) is 14.6. The molecule has 0 aromatic heterocycles. The van der Waals surface area contributed by atoms with Gasteiger partial charge in [0.1, 0.15) is 11.6 Å². The predicted molar refractivity (Wildman–Crippen MR) is 96.7 cm³/mol. The van der Waals surface area contributed by atoms with Gasteiger partial charge in [0.25, 0.3) is 10.1 Å². The van der Waals surface area contributed by atoms with Gasteiger partial charge in [0.2, 0.25) is 5.91 Å². The number of likely N-dealkylation sites (tertiary alicyclic amines) is 1. The van der Waals surface area contributed by atoms with Crippen molar-refractivity contribution in [3.63, 3.8) is 0 Å². The lowest BCUT2D eigenvalue weighted by atomic mass is 10.2. The van der Waals surface area contributed by atoms with Crippen molar-refractivity contribution in [2.24, 2.45) is 5.73 Å². The summed E-state index contributed by atoms with van der Waals surface area (Å²) in [7, 11) is -4.05. The molecule has 26 heavy (non-hydrogen) atoms. The molecule has 0 saturated carbocycles. The van der Waals surface area contributed by atoms with Gasteiger partial charge in [0.15, 0.2) is 0 Å². The maximum absolute atomic E-state index is 12.4. The second-order valence-corrected chi connectivity index (χ2v) is 9.40. The third-order valence-electron chi connectivity index (χ3n) is 3.58. The first-order valence-electron chi connectivity index (χ1n) is 7.87. The molecule has 10 heteroatoms. The maximum atomic E-state index is 12.4. The summed E-state index contributed by atoms with van der Waals surface area (Å²) in [5.74, 6) is -0.747. The maximum Gasteiger partial charge on any atom is 0.411 e. The van der Waals surface area contributed by atoms with E-state index in [-0.39, 0.29) is 17.9 Å². The van der Waals surface area contributed by atoms with Gasteiger partial charge in [-0.2, -0.15) is 8.42 Å². The van der Waals surface area contributed by atoms with Crippen molar-refractivity contribution in [3.8, 4) is 0 Å². The van der Waals surface area contributed by atoms with Crippen molar-refractivity contribution in [2.45, 2.75) is 49.8 Å². The van der Waals surface area contributed by atoms with Crippen LogP contribution in [0.15, 0.2) is 33.6 Å². The van der Waals surface area contributed by atoms with E-state index in [9.17, 15) is 18.0 Å². The molecule has 2 N–H and O–H groups in total. The molecule has 0 aliphatic carbocycles. The number of nitrogens with zero attached hydrogens (tertiary/aromatic N) is 1. The van der Waals surface area contributed by atoms with Crippen LogP contribution in [-0.2, 0) is 23.8 Å². The molecule has 1 saturated heterocycles. The Morgan fingerprint density at radius 1 is 1.23 bits per heavy atom. The van der Waals surface area contributed by atoms with Crippen molar-refractivity contribution in [1.29, 1.82) is 0 Å². The van der Waals surface area contributed by atoms with Crippen LogP contribution in [0.1, 0.15) is 27.2 Å². The van der Waals surface area contributed by atoms with Gasteiger partial charge in [-0.25, -0.2) is 4.79 Å². The zero-order valence-corrected chi connectivity index (χ0v) is 17.0. The molecule has 1 fully saturated rings. The Morgan fingerprint density at radius 2 is 1.81 bits per heavy atom. The number of carbonyl (C=O) groups is 2. The van der Waals surface area contributed by atoms with Crippen LogP contribution in [0, 0.1) is 0 Å². The van der Waals surface area contributed by atoms with Crippen molar-refractivity contribution < 1.29 is 26.9 Å². The molecular weight excluding hydrogens is 428 g/mol. The number of carbonyl (C=O) groups excluding carboxylic acids is 2. The lowest BCUT2D eigenvalue weighted by Gasteiger charge is -2.27. The van der Waals surface area contributed by atoms with E-state index >= 15 is 0 Å². The molecule has 2 amide bonds. The molecule has 1 aliphatic heterocycles. The quantitative estimate of drug-likeness (QED) is 0.704. The molecule has 0 radical (unpaired) electrons. The van der Waals surface area contributed by atoms with Crippen LogP contribution in [0.25, 0.3) is 0 Å². The number of benzene rings is 1. The van der Waals surface area contributed by atoms with E-state index in [4.69, 9.17) is 14.7 Å². The highest BCUT2D eigenvalue weighted by atomic mass is 79.9. The Labute approximate surface area is 160 Å². The summed E-state index contributed by atoms with van der Waals surface area (Å²) in [4.78, 5) is 25.0. The Morgan fingerprint density at radius 3 is 2.31 bits per heavy atom. The lowest BCUT2D eigenvalue weighted by Crippen LogP contribution is -2.45. The summed E-state index contributed by atoms with van der Waals surface area (Å²) < 4.78 is 36.0. The Kier molecular flexibility index (Phi) is 5.99. The predicted octanol–water partition coefficient (Wildman–Crippen LogP) is 2.02. The van der Waals surface area contributed by atoms with Crippen molar-refractivity contribution >= 4 is 38.0 Å². The largest absolute Gasteiger partial charge is 0.444 e.